The number of carbonyl (C=O) groups is 1. The van der Waals surface area contributed by atoms with Crippen molar-refractivity contribution in [1.82, 2.24) is 4.98 Å². The molecule has 0 amide bonds. The van der Waals surface area contributed by atoms with Crippen LogP contribution < -0.4 is 0 Å². The van der Waals surface area contributed by atoms with Crippen molar-refractivity contribution in [3.8, 4) is 11.5 Å². The van der Waals surface area contributed by atoms with Gasteiger partial charge in [0.1, 0.15) is 18.6 Å². The first-order valence-electron chi connectivity index (χ1n) is 6.65. The molecule has 5 heteroatoms. The first-order valence-corrected chi connectivity index (χ1v) is 7.45. The Hall–Kier alpha value is -2.40. The van der Waals surface area contributed by atoms with Gasteiger partial charge in [0.15, 0.2) is 0 Å². The molecule has 0 spiro atoms. The molecule has 2 aromatic carbocycles. The number of oxazole rings is 1. The number of esters is 1. The molecule has 0 atom stereocenters. The quantitative estimate of drug-likeness (QED) is 0.646. The van der Waals surface area contributed by atoms with E-state index in [-0.39, 0.29) is 6.61 Å². The molecular formula is C17H12BrNO3. The summed E-state index contributed by atoms with van der Waals surface area (Å²) in [5.41, 5.74) is 1.93. The van der Waals surface area contributed by atoms with Crippen LogP contribution in [0.25, 0.3) is 11.5 Å². The minimum Gasteiger partial charge on any atom is -0.455 e. The Bertz CT molecular complexity index is 783. The number of carbonyl (C=O) groups excluding carboxylic acids is 1. The van der Waals surface area contributed by atoms with Crippen molar-refractivity contribution in [2.45, 2.75) is 6.61 Å². The number of nitrogens with zero attached hydrogens (tertiary/aromatic N) is 1. The van der Waals surface area contributed by atoms with Gasteiger partial charge in [0.25, 0.3) is 0 Å². The van der Waals surface area contributed by atoms with Crippen molar-refractivity contribution in [1.29, 1.82) is 0 Å². The second-order valence-electron chi connectivity index (χ2n) is 4.57. The van der Waals surface area contributed by atoms with E-state index in [1.54, 1.807) is 18.2 Å². The number of ether oxygens (including phenoxy) is 1. The van der Waals surface area contributed by atoms with Crippen LogP contribution >= 0.6 is 15.9 Å². The molecule has 0 saturated heterocycles. The van der Waals surface area contributed by atoms with Crippen LogP contribution in [0.3, 0.4) is 0 Å². The first kappa shape index (κ1) is 14.5. The zero-order chi connectivity index (χ0) is 15.4. The van der Waals surface area contributed by atoms with Gasteiger partial charge in [-0.1, -0.05) is 30.3 Å². The Morgan fingerprint density at radius 2 is 1.82 bits per heavy atom. The summed E-state index contributed by atoms with van der Waals surface area (Å²) in [4.78, 5) is 16.3. The third-order valence-electron chi connectivity index (χ3n) is 3.02. The SMILES string of the molecule is O=C(OCc1coc(-c2ccccc2)n1)c1ccccc1Br. The van der Waals surface area contributed by atoms with Crippen LogP contribution in [-0.2, 0) is 11.3 Å². The molecule has 1 heterocycles. The summed E-state index contributed by atoms with van der Waals surface area (Å²) in [5.74, 6) is 0.101. The Morgan fingerprint density at radius 3 is 2.59 bits per heavy atom. The third kappa shape index (κ3) is 3.26. The lowest BCUT2D eigenvalue weighted by Gasteiger charge is -2.04. The Balaban J connectivity index is 1.67. The molecule has 0 radical (unpaired) electrons. The predicted octanol–water partition coefficient (Wildman–Crippen LogP) is 4.46. The number of rotatable bonds is 4. The largest absolute Gasteiger partial charge is 0.455 e. The second-order valence-corrected chi connectivity index (χ2v) is 5.42. The van der Waals surface area contributed by atoms with Gasteiger partial charge in [-0.05, 0) is 40.2 Å². The molecule has 0 aliphatic rings. The van der Waals surface area contributed by atoms with Gasteiger partial charge in [-0.25, -0.2) is 9.78 Å². The number of benzene rings is 2. The summed E-state index contributed by atoms with van der Waals surface area (Å²) in [7, 11) is 0. The summed E-state index contributed by atoms with van der Waals surface area (Å²) in [6.45, 7) is 0.0660. The molecule has 4 nitrogen and oxygen atoms in total. The van der Waals surface area contributed by atoms with E-state index in [2.05, 4.69) is 20.9 Å². The highest BCUT2D eigenvalue weighted by Crippen LogP contribution is 2.20. The van der Waals surface area contributed by atoms with Crippen molar-refractivity contribution in [2.75, 3.05) is 0 Å². The highest BCUT2D eigenvalue weighted by Gasteiger charge is 2.12. The molecule has 3 aromatic rings. The van der Waals surface area contributed by atoms with Crippen LogP contribution in [-0.4, -0.2) is 11.0 Å². The summed E-state index contributed by atoms with van der Waals surface area (Å²) in [5, 5.41) is 0. The summed E-state index contributed by atoms with van der Waals surface area (Å²) in [6, 6.07) is 16.7. The fourth-order valence-corrected chi connectivity index (χ4v) is 2.38. The van der Waals surface area contributed by atoms with E-state index in [1.165, 1.54) is 6.26 Å². The molecule has 0 unspecified atom stereocenters. The Kier molecular flexibility index (Phi) is 4.34. The molecule has 22 heavy (non-hydrogen) atoms. The highest BCUT2D eigenvalue weighted by molar-refractivity contribution is 9.10. The molecule has 0 saturated carbocycles. The lowest BCUT2D eigenvalue weighted by molar-refractivity contribution is 0.0466. The summed E-state index contributed by atoms with van der Waals surface area (Å²) in [6.07, 6.45) is 1.50. The topological polar surface area (TPSA) is 52.3 Å². The molecule has 0 bridgehead atoms. The van der Waals surface area contributed by atoms with Crippen molar-refractivity contribution in [3.63, 3.8) is 0 Å². The number of halogens is 1. The maximum absolute atomic E-state index is 12.0. The lowest BCUT2D eigenvalue weighted by Crippen LogP contribution is -2.06. The standard InChI is InChI=1S/C17H12BrNO3/c18-15-9-5-4-8-14(15)17(20)22-11-13-10-21-16(19-13)12-6-2-1-3-7-12/h1-10H,11H2. The number of hydrogen-bond donors (Lipinski definition) is 0. The monoisotopic (exact) mass is 357 g/mol. The third-order valence-corrected chi connectivity index (χ3v) is 3.71. The minimum atomic E-state index is -0.406. The van der Waals surface area contributed by atoms with E-state index < -0.39 is 5.97 Å². The minimum absolute atomic E-state index is 0.0660. The van der Waals surface area contributed by atoms with Crippen LogP contribution in [0.4, 0.5) is 0 Å². The molecule has 110 valence electrons. The number of hydrogen-bond acceptors (Lipinski definition) is 4. The molecule has 0 N–H and O–H groups in total. The summed E-state index contributed by atoms with van der Waals surface area (Å²) >= 11 is 3.32. The van der Waals surface area contributed by atoms with E-state index in [9.17, 15) is 4.79 Å². The smallest absolute Gasteiger partial charge is 0.339 e. The first-order chi connectivity index (χ1) is 10.7. The van der Waals surface area contributed by atoms with E-state index in [1.807, 2.05) is 36.4 Å². The van der Waals surface area contributed by atoms with Gasteiger partial charge in [0.05, 0.1) is 5.56 Å². The fraction of sp³-hybridized carbons (Fsp3) is 0.0588. The van der Waals surface area contributed by atoms with Gasteiger partial charge in [0, 0.05) is 10.0 Å². The van der Waals surface area contributed by atoms with Crippen molar-refractivity contribution >= 4 is 21.9 Å². The summed E-state index contributed by atoms with van der Waals surface area (Å²) < 4.78 is 11.4. The van der Waals surface area contributed by atoms with Gasteiger partial charge in [-0.2, -0.15) is 0 Å². The van der Waals surface area contributed by atoms with Gasteiger partial charge >= 0.3 is 5.97 Å². The van der Waals surface area contributed by atoms with Crippen molar-refractivity contribution in [2.24, 2.45) is 0 Å². The molecule has 1 aromatic heterocycles. The highest BCUT2D eigenvalue weighted by atomic mass is 79.9. The fourth-order valence-electron chi connectivity index (χ4n) is 1.93. The van der Waals surface area contributed by atoms with E-state index in [4.69, 9.17) is 9.15 Å². The lowest BCUT2D eigenvalue weighted by atomic mass is 10.2. The van der Waals surface area contributed by atoms with E-state index >= 15 is 0 Å². The van der Waals surface area contributed by atoms with E-state index in [0.717, 1.165) is 5.56 Å². The van der Waals surface area contributed by atoms with Gasteiger partial charge in [-0.15, -0.1) is 0 Å². The van der Waals surface area contributed by atoms with Crippen LogP contribution in [0.1, 0.15) is 16.1 Å². The molecule has 0 aliphatic heterocycles. The van der Waals surface area contributed by atoms with Crippen LogP contribution in [0.2, 0.25) is 0 Å². The Morgan fingerprint density at radius 1 is 1.09 bits per heavy atom. The predicted molar refractivity (Wildman–Crippen MR) is 85.2 cm³/mol. The average Bonchev–Trinajstić information content (AvgIpc) is 3.03. The number of aromatic nitrogens is 1. The Labute approximate surface area is 135 Å². The van der Waals surface area contributed by atoms with Crippen molar-refractivity contribution in [3.05, 3.63) is 76.6 Å². The van der Waals surface area contributed by atoms with Crippen LogP contribution in [0, 0.1) is 0 Å². The van der Waals surface area contributed by atoms with Crippen LogP contribution in [0.5, 0.6) is 0 Å². The molecule has 0 fully saturated rings. The van der Waals surface area contributed by atoms with E-state index in [0.29, 0.717) is 21.6 Å². The zero-order valence-corrected chi connectivity index (χ0v) is 13.1. The maximum Gasteiger partial charge on any atom is 0.339 e. The van der Waals surface area contributed by atoms with Gasteiger partial charge in [-0.3, -0.25) is 0 Å². The van der Waals surface area contributed by atoms with Gasteiger partial charge in [0.2, 0.25) is 5.89 Å². The average molecular weight is 358 g/mol. The normalized spacial score (nSPS) is 10.4. The second kappa shape index (κ2) is 6.58. The van der Waals surface area contributed by atoms with Gasteiger partial charge < -0.3 is 9.15 Å². The maximum atomic E-state index is 12.0. The van der Waals surface area contributed by atoms with Crippen molar-refractivity contribution < 1.29 is 13.9 Å². The molecular weight excluding hydrogens is 346 g/mol. The molecule has 3 rings (SSSR count). The van der Waals surface area contributed by atoms with Crippen LogP contribution in [0.15, 0.2) is 69.8 Å². The molecule has 0 aliphatic carbocycles. The zero-order valence-electron chi connectivity index (χ0n) is 11.5.